The molecule has 0 saturated heterocycles. The lowest BCUT2D eigenvalue weighted by Gasteiger charge is -2.25. The van der Waals surface area contributed by atoms with Gasteiger partial charge in [0.05, 0.1) is 0 Å². The highest BCUT2D eigenvalue weighted by Gasteiger charge is 2.33. The Balaban J connectivity index is 1.18. The summed E-state index contributed by atoms with van der Waals surface area (Å²) in [4.78, 5) is 0. The molecule has 11 aromatic carbocycles. The summed E-state index contributed by atoms with van der Waals surface area (Å²) in [5.41, 5.74) is 20.2. The fourth-order valence-corrected chi connectivity index (χ4v) is 12.0. The second-order valence-corrected chi connectivity index (χ2v) is 17.6. The van der Waals surface area contributed by atoms with Crippen molar-refractivity contribution in [3.63, 3.8) is 0 Å². The summed E-state index contributed by atoms with van der Waals surface area (Å²) in [7, 11) is 0. The average molecular weight is 815 g/mol. The van der Waals surface area contributed by atoms with Crippen LogP contribution in [0.4, 0.5) is 0 Å². The van der Waals surface area contributed by atoms with E-state index in [-0.39, 0.29) is 0 Å². The van der Waals surface area contributed by atoms with E-state index in [9.17, 15) is 0 Å². The van der Waals surface area contributed by atoms with Crippen LogP contribution in [0.15, 0.2) is 231 Å². The normalized spacial score (nSPS) is 11.8. The van der Waals surface area contributed by atoms with E-state index in [4.69, 9.17) is 0 Å². The smallest absolute Gasteiger partial charge is 0.0434 e. The zero-order valence-electron chi connectivity index (χ0n) is 34.3. The molecule has 0 aliphatic heterocycles. The molecule has 0 atom stereocenters. The second-order valence-electron chi connectivity index (χ2n) is 16.6. The molecule has 0 unspecified atom stereocenters. The quantitative estimate of drug-likeness (QED) is 0.157. The van der Waals surface area contributed by atoms with Crippen LogP contribution in [0.2, 0.25) is 0 Å². The molecule has 1 aliphatic carbocycles. The number of hydrogen-bond donors (Lipinski definition) is 0. The maximum atomic E-state index is 2.44. The molecule has 0 fully saturated rings. The van der Waals surface area contributed by atoms with Crippen molar-refractivity contribution in [2.24, 2.45) is 0 Å². The Bertz CT molecular complexity index is 3600. The molecule has 0 amide bonds. The highest BCUT2D eigenvalue weighted by molar-refractivity contribution is 7.26. The van der Waals surface area contributed by atoms with Crippen LogP contribution in [-0.2, 0) is 0 Å². The van der Waals surface area contributed by atoms with Crippen LogP contribution in [-0.4, -0.2) is 0 Å². The number of rotatable bonds is 6. The molecule has 0 saturated carbocycles. The molecule has 13 rings (SSSR count). The predicted molar refractivity (Wildman–Crippen MR) is 271 cm³/mol. The number of fused-ring (bicyclic) bond motifs is 7. The lowest BCUT2D eigenvalue weighted by atomic mass is 9.78. The number of hydrogen-bond acceptors (Lipinski definition) is 1. The topological polar surface area (TPSA) is 0 Å². The Morgan fingerprint density at radius 1 is 0.190 bits per heavy atom. The molecule has 1 heterocycles. The third kappa shape index (κ3) is 5.47. The molecule has 1 heteroatoms. The molecule has 12 aromatic rings. The van der Waals surface area contributed by atoms with Crippen molar-refractivity contribution < 1.29 is 0 Å². The third-order valence-corrected chi connectivity index (χ3v) is 14.5. The number of thiophene rings is 1. The highest BCUT2D eigenvalue weighted by atomic mass is 32.1. The van der Waals surface area contributed by atoms with Crippen LogP contribution in [0.3, 0.4) is 0 Å². The fraction of sp³-hybridized carbons (Fsp3) is 0. The van der Waals surface area contributed by atoms with Gasteiger partial charge in [-0.3, -0.25) is 0 Å². The first-order valence-electron chi connectivity index (χ1n) is 21.8. The summed E-state index contributed by atoms with van der Waals surface area (Å²) >= 11 is 1.92. The van der Waals surface area contributed by atoms with Gasteiger partial charge in [0, 0.05) is 25.7 Å². The Hall–Kier alpha value is -7.84. The maximum Gasteiger partial charge on any atom is 0.0434 e. The summed E-state index contributed by atoms with van der Waals surface area (Å²) in [6.07, 6.45) is 0. The van der Waals surface area contributed by atoms with Crippen LogP contribution in [0.5, 0.6) is 0 Å². The molecular weight excluding hydrogens is 777 g/mol. The molecule has 0 spiro atoms. The van der Waals surface area contributed by atoms with Gasteiger partial charge in [-0.1, -0.05) is 231 Å². The van der Waals surface area contributed by atoms with E-state index in [0.717, 1.165) is 0 Å². The fourth-order valence-electron chi connectivity index (χ4n) is 10.6. The molecule has 1 aliphatic rings. The first kappa shape index (κ1) is 35.9. The monoisotopic (exact) mass is 814 g/mol. The van der Waals surface area contributed by atoms with Crippen molar-refractivity contribution in [2.45, 2.75) is 0 Å². The van der Waals surface area contributed by atoms with Gasteiger partial charge in [-0.2, -0.15) is 0 Å². The van der Waals surface area contributed by atoms with E-state index >= 15 is 0 Å². The average Bonchev–Trinajstić information content (AvgIpc) is 3.91. The van der Waals surface area contributed by atoms with Crippen LogP contribution < -0.4 is 0 Å². The van der Waals surface area contributed by atoms with Crippen molar-refractivity contribution >= 4 is 53.1 Å². The number of benzene rings is 11. The Kier molecular flexibility index (Phi) is 8.19. The Labute approximate surface area is 370 Å². The summed E-state index contributed by atoms with van der Waals surface area (Å²) in [5.74, 6) is 0. The molecule has 292 valence electrons. The van der Waals surface area contributed by atoms with Gasteiger partial charge in [0.1, 0.15) is 0 Å². The minimum absolute atomic E-state index is 1.21. The van der Waals surface area contributed by atoms with Crippen LogP contribution in [0.1, 0.15) is 0 Å². The Morgan fingerprint density at radius 2 is 0.540 bits per heavy atom. The van der Waals surface area contributed by atoms with Gasteiger partial charge in [0.25, 0.3) is 0 Å². The standard InChI is InChI=1S/C62H38S/c1-6-19-39(20-7-1)44-35-36-45(40-21-8-2-9-22-40)58-55(43-27-14-5-15-28-43)60-53-38-37-47(48-30-17-34-52(56(48)53)59(60)54(57(44)58)42-25-12-4-13-26-42)49-31-18-33-51-50-32-16-29-46(61(50)63-62(49)51)41-23-10-3-11-24-41/h1-38H. The SMILES string of the molecule is c1ccc(-c2cccc3c2sc2c(-c4ccc5c6c(cccc46)-c4c-5c(-c5ccccc5)c5c(-c6ccccc6)ccc(-c6ccccc6)c5c4-c4ccccc4)cccc23)cc1. The first-order valence-corrected chi connectivity index (χ1v) is 22.6. The molecule has 0 nitrogen and oxygen atoms in total. The van der Waals surface area contributed by atoms with E-state index in [1.54, 1.807) is 0 Å². The van der Waals surface area contributed by atoms with Gasteiger partial charge in [-0.25, -0.2) is 0 Å². The molecule has 1 aromatic heterocycles. The third-order valence-electron chi connectivity index (χ3n) is 13.2. The predicted octanol–water partition coefficient (Wildman–Crippen LogP) is 18.0. The van der Waals surface area contributed by atoms with Gasteiger partial charge in [-0.15, -0.1) is 11.3 Å². The van der Waals surface area contributed by atoms with Crippen molar-refractivity contribution in [1.29, 1.82) is 0 Å². The van der Waals surface area contributed by atoms with Crippen molar-refractivity contribution in [3.8, 4) is 89.0 Å². The van der Waals surface area contributed by atoms with E-state index in [1.165, 1.54) is 131 Å². The van der Waals surface area contributed by atoms with E-state index in [1.807, 2.05) is 11.3 Å². The summed E-state index contributed by atoms with van der Waals surface area (Å²) in [6.45, 7) is 0. The summed E-state index contributed by atoms with van der Waals surface area (Å²) in [5, 5.41) is 7.78. The van der Waals surface area contributed by atoms with Gasteiger partial charge in [-0.05, 0) is 105 Å². The second kappa shape index (κ2) is 14.4. The molecule has 0 radical (unpaired) electrons. The summed E-state index contributed by atoms with van der Waals surface area (Å²) in [6, 6.07) is 85.3. The minimum Gasteiger partial charge on any atom is -0.134 e. The van der Waals surface area contributed by atoms with Crippen molar-refractivity contribution in [1.82, 2.24) is 0 Å². The van der Waals surface area contributed by atoms with Crippen LogP contribution in [0.25, 0.3) is 131 Å². The van der Waals surface area contributed by atoms with Gasteiger partial charge < -0.3 is 0 Å². The summed E-state index contributed by atoms with van der Waals surface area (Å²) < 4.78 is 2.66. The molecule has 63 heavy (non-hydrogen) atoms. The van der Waals surface area contributed by atoms with Gasteiger partial charge in [0.15, 0.2) is 0 Å². The van der Waals surface area contributed by atoms with E-state index < -0.39 is 0 Å². The van der Waals surface area contributed by atoms with Crippen LogP contribution in [0, 0.1) is 0 Å². The first-order chi connectivity index (χ1) is 31.3. The van der Waals surface area contributed by atoms with E-state index in [0.29, 0.717) is 0 Å². The van der Waals surface area contributed by atoms with Gasteiger partial charge in [0.2, 0.25) is 0 Å². The largest absolute Gasteiger partial charge is 0.134 e. The Morgan fingerprint density at radius 3 is 1.03 bits per heavy atom. The molecular formula is C62H38S. The lowest BCUT2D eigenvalue weighted by molar-refractivity contribution is 1.59. The minimum atomic E-state index is 1.21. The van der Waals surface area contributed by atoms with Crippen molar-refractivity contribution in [2.75, 3.05) is 0 Å². The highest BCUT2D eigenvalue weighted by Crippen LogP contribution is 2.61. The van der Waals surface area contributed by atoms with Crippen molar-refractivity contribution in [3.05, 3.63) is 231 Å². The zero-order chi connectivity index (χ0) is 41.4. The maximum absolute atomic E-state index is 2.44. The lowest BCUT2D eigenvalue weighted by Crippen LogP contribution is -1.97. The van der Waals surface area contributed by atoms with Gasteiger partial charge >= 0.3 is 0 Å². The molecule has 0 N–H and O–H groups in total. The molecule has 0 bridgehead atoms. The zero-order valence-corrected chi connectivity index (χ0v) is 35.2. The van der Waals surface area contributed by atoms with E-state index in [2.05, 4.69) is 231 Å². The van der Waals surface area contributed by atoms with Crippen LogP contribution >= 0.6 is 11.3 Å².